The third kappa shape index (κ3) is 3.17. The van der Waals surface area contributed by atoms with Gasteiger partial charge in [0.2, 0.25) is 0 Å². The highest BCUT2D eigenvalue weighted by Crippen LogP contribution is 2.13. The summed E-state index contributed by atoms with van der Waals surface area (Å²) in [5.41, 5.74) is 0.204. The van der Waals surface area contributed by atoms with Crippen LogP contribution >= 0.6 is 11.6 Å². The molecule has 1 aliphatic heterocycles. The van der Waals surface area contributed by atoms with E-state index < -0.39 is 5.82 Å². The molecule has 98 valence electrons. The Morgan fingerprint density at radius 2 is 2.22 bits per heavy atom. The van der Waals surface area contributed by atoms with Gasteiger partial charge in [-0.05, 0) is 39.0 Å². The fraction of sp³-hybridized carbons (Fsp3) is 0.500. The van der Waals surface area contributed by atoms with Gasteiger partial charge in [0.15, 0.2) is 11.0 Å². The molecular weight excluding hydrogens is 257 g/mol. The molecule has 0 atom stereocenters. The second-order valence-electron chi connectivity index (χ2n) is 4.55. The zero-order valence-electron chi connectivity index (χ0n) is 10.1. The SMILES string of the molecule is CN1CCC(NC(=O)c2cnc(Cl)c(F)c2)CC1. The largest absolute Gasteiger partial charge is 0.349 e. The number of aromatic nitrogens is 1. The van der Waals surface area contributed by atoms with E-state index in [1.807, 2.05) is 0 Å². The van der Waals surface area contributed by atoms with Crippen LogP contribution in [-0.2, 0) is 0 Å². The van der Waals surface area contributed by atoms with Gasteiger partial charge in [-0.2, -0.15) is 0 Å². The number of piperidine rings is 1. The van der Waals surface area contributed by atoms with Gasteiger partial charge in [0, 0.05) is 12.2 Å². The monoisotopic (exact) mass is 271 g/mol. The first-order chi connectivity index (χ1) is 8.56. The van der Waals surface area contributed by atoms with Crippen LogP contribution in [0.4, 0.5) is 4.39 Å². The van der Waals surface area contributed by atoms with Crippen LogP contribution in [0.3, 0.4) is 0 Å². The lowest BCUT2D eigenvalue weighted by molar-refractivity contribution is 0.0916. The number of hydrogen-bond donors (Lipinski definition) is 1. The second kappa shape index (κ2) is 5.63. The van der Waals surface area contributed by atoms with E-state index in [2.05, 4.69) is 22.2 Å². The van der Waals surface area contributed by atoms with Crippen LogP contribution in [0.2, 0.25) is 5.15 Å². The van der Waals surface area contributed by atoms with E-state index >= 15 is 0 Å². The molecule has 2 heterocycles. The molecule has 0 radical (unpaired) electrons. The van der Waals surface area contributed by atoms with E-state index in [0.29, 0.717) is 0 Å². The second-order valence-corrected chi connectivity index (χ2v) is 4.91. The van der Waals surface area contributed by atoms with E-state index in [0.717, 1.165) is 32.0 Å². The summed E-state index contributed by atoms with van der Waals surface area (Å²) in [7, 11) is 2.05. The van der Waals surface area contributed by atoms with Crippen molar-refractivity contribution in [1.82, 2.24) is 15.2 Å². The molecule has 1 fully saturated rings. The third-order valence-electron chi connectivity index (χ3n) is 3.11. The Balaban J connectivity index is 1.97. The Morgan fingerprint density at radius 3 is 2.83 bits per heavy atom. The van der Waals surface area contributed by atoms with Gasteiger partial charge in [-0.15, -0.1) is 0 Å². The van der Waals surface area contributed by atoms with Crippen molar-refractivity contribution < 1.29 is 9.18 Å². The number of carbonyl (C=O) groups is 1. The van der Waals surface area contributed by atoms with Gasteiger partial charge in [0.05, 0.1) is 5.56 Å². The summed E-state index contributed by atoms with van der Waals surface area (Å²) < 4.78 is 13.2. The van der Waals surface area contributed by atoms with Crippen LogP contribution in [0.1, 0.15) is 23.2 Å². The topological polar surface area (TPSA) is 45.2 Å². The van der Waals surface area contributed by atoms with Crippen LogP contribution in [-0.4, -0.2) is 42.0 Å². The number of halogens is 2. The molecule has 0 spiro atoms. The Hall–Kier alpha value is -1.20. The van der Waals surface area contributed by atoms with E-state index in [4.69, 9.17) is 11.6 Å². The molecule has 4 nitrogen and oxygen atoms in total. The highest BCUT2D eigenvalue weighted by Gasteiger charge is 2.19. The summed E-state index contributed by atoms with van der Waals surface area (Å²) in [6.07, 6.45) is 3.10. The van der Waals surface area contributed by atoms with Crippen molar-refractivity contribution in [3.8, 4) is 0 Å². The number of carbonyl (C=O) groups excluding carboxylic acids is 1. The molecule has 1 aromatic heterocycles. The summed E-state index contributed by atoms with van der Waals surface area (Å²) >= 11 is 5.47. The number of likely N-dealkylation sites (tertiary alicyclic amines) is 1. The molecule has 1 saturated heterocycles. The van der Waals surface area contributed by atoms with Crippen LogP contribution in [0.25, 0.3) is 0 Å². The summed E-state index contributed by atoms with van der Waals surface area (Å²) in [6.45, 7) is 1.91. The Kier molecular flexibility index (Phi) is 4.14. The molecule has 18 heavy (non-hydrogen) atoms. The third-order valence-corrected chi connectivity index (χ3v) is 3.39. The Labute approximate surface area is 110 Å². The first-order valence-corrected chi connectivity index (χ1v) is 6.24. The van der Waals surface area contributed by atoms with Gasteiger partial charge < -0.3 is 10.2 Å². The van der Waals surface area contributed by atoms with E-state index in [1.54, 1.807) is 0 Å². The van der Waals surface area contributed by atoms with E-state index in [-0.39, 0.29) is 22.7 Å². The fourth-order valence-electron chi connectivity index (χ4n) is 1.97. The minimum atomic E-state index is -0.673. The first kappa shape index (κ1) is 13.2. The maximum Gasteiger partial charge on any atom is 0.253 e. The number of nitrogens with one attached hydrogen (secondary N) is 1. The minimum Gasteiger partial charge on any atom is -0.349 e. The lowest BCUT2D eigenvalue weighted by atomic mass is 10.1. The normalized spacial score (nSPS) is 17.7. The van der Waals surface area contributed by atoms with Crippen LogP contribution < -0.4 is 5.32 Å². The van der Waals surface area contributed by atoms with Gasteiger partial charge in [0.1, 0.15) is 0 Å². The summed E-state index contributed by atoms with van der Waals surface area (Å²) in [6, 6.07) is 1.26. The molecule has 1 aliphatic rings. The van der Waals surface area contributed by atoms with Crippen molar-refractivity contribution in [3.63, 3.8) is 0 Å². The highest BCUT2D eigenvalue weighted by molar-refractivity contribution is 6.29. The van der Waals surface area contributed by atoms with Crippen LogP contribution in [0, 0.1) is 5.82 Å². The average Bonchev–Trinajstić information content (AvgIpc) is 2.35. The predicted octanol–water partition coefficient (Wildman–Crippen LogP) is 1.70. The number of rotatable bonds is 2. The molecule has 0 bridgehead atoms. The van der Waals surface area contributed by atoms with Crippen LogP contribution in [0.5, 0.6) is 0 Å². The van der Waals surface area contributed by atoms with Gasteiger partial charge in [-0.25, -0.2) is 9.37 Å². The van der Waals surface area contributed by atoms with E-state index in [9.17, 15) is 9.18 Å². The molecule has 6 heteroatoms. The van der Waals surface area contributed by atoms with Crippen molar-refractivity contribution in [3.05, 3.63) is 28.8 Å². The molecule has 1 N–H and O–H groups in total. The molecule has 0 unspecified atom stereocenters. The maximum absolute atomic E-state index is 13.2. The standard InChI is InChI=1S/C12H15ClFN3O/c1-17-4-2-9(3-5-17)16-12(18)8-6-10(14)11(13)15-7-8/h6-7,9H,2-5H2,1H3,(H,16,18). The molecule has 0 aliphatic carbocycles. The Morgan fingerprint density at radius 1 is 1.56 bits per heavy atom. The van der Waals surface area contributed by atoms with E-state index in [1.165, 1.54) is 6.20 Å². The highest BCUT2D eigenvalue weighted by atomic mass is 35.5. The van der Waals surface area contributed by atoms with Gasteiger partial charge in [-0.1, -0.05) is 11.6 Å². The predicted molar refractivity (Wildman–Crippen MR) is 67.2 cm³/mol. The lowest BCUT2D eigenvalue weighted by Crippen LogP contribution is -2.43. The number of pyridine rings is 1. The molecule has 2 rings (SSSR count). The number of nitrogens with zero attached hydrogens (tertiary/aromatic N) is 2. The van der Waals surface area contributed by atoms with Gasteiger partial charge in [0.25, 0.3) is 5.91 Å². The number of amides is 1. The molecule has 1 amide bonds. The van der Waals surface area contributed by atoms with Crippen molar-refractivity contribution in [1.29, 1.82) is 0 Å². The zero-order chi connectivity index (χ0) is 13.1. The quantitative estimate of drug-likeness (QED) is 0.833. The summed E-state index contributed by atoms with van der Waals surface area (Å²) in [4.78, 5) is 17.7. The molecular formula is C12H15ClFN3O. The fourth-order valence-corrected chi connectivity index (χ4v) is 2.07. The van der Waals surface area contributed by atoms with Crippen molar-refractivity contribution in [2.45, 2.75) is 18.9 Å². The molecule has 1 aromatic rings. The van der Waals surface area contributed by atoms with Crippen LogP contribution in [0.15, 0.2) is 12.3 Å². The summed E-state index contributed by atoms with van der Waals surface area (Å²) in [5, 5.41) is 2.67. The van der Waals surface area contributed by atoms with Crippen molar-refractivity contribution in [2.24, 2.45) is 0 Å². The number of hydrogen-bond acceptors (Lipinski definition) is 3. The molecule has 0 saturated carbocycles. The van der Waals surface area contributed by atoms with Crippen molar-refractivity contribution >= 4 is 17.5 Å². The minimum absolute atomic E-state index is 0.146. The maximum atomic E-state index is 13.2. The average molecular weight is 272 g/mol. The smallest absolute Gasteiger partial charge is 0.253 e. The molecule has 0 aromatic carbocycles. The Bertz CT molecular complexity index is 447. The van der Waals surface area contributed by atoms with Gasteiger partial charge in [-0.3, -0.25) is 4.79 Å². The van der Waals surface area contributed by atoms with Gasteiger partial charge >= 0.3 is 0 Å². The lowest BCUT2D eigenvalue weighted by Gasteiger charge is -2.29. The first-order valence-electron chi connectivity index (χ1n) is 5.86. The zero-order valence-corrected chi connectivity index (χ0v) is 10.9. The summed E-state index contributed by atoms with van der Waals surface area (Å²) in [5.74, 6) is -0.972. The van der Waals surface area contributed by atoms with Crippen molar-refractivity contribution in [2.75, 3.05) is 20.1 Å².